The van der Waals surface area contributed by atoms with Crippen LogP contribution < -0.4 is 5.73 Å². The molecule has 1 aromatic rings. The van der Waals surface area contributed by atoms with Crippen LogP contribution in [0.5, 0.6) is 0 Å². The maximum atomic E-state index is 9.77. The molecule has 0 aliphatic heterocycles. The third-order valence-corrected chi connectivity index (χ3v) is 3.54. The Labute approximate surface area is 123 Å². The summed E-state index contributed by atoms with van der Waals surface area (Å²) >= 11 is 0. The second-order valence-corrected chi connectivity index (χ2v) is 5.76. The fourth-order valence-electron chi connectivity index (χ4n) is 2.33. The Balaban J connectivity index is 2.76. The second kappa shape index (κ2) is 8.37. The van der Waals surface area contributed by atoms with Crippen molar-refractivity contribution in [2.24, 2.45) is 5.73 Å². The van der Waals surface area contributed by atoms with Crippen LogP contribution in [0.15, 0.2) is 30.3 Å². The molecule has 0 aromatic heterocycles. The first-order valence-corrected chi connectivity index (χ1v) is 7.34. The van der Waals surface area contributed by atoms with E-state index in [0.29, 0.717) is 6.54 Å². The number of rotatable bonds is 9. The van der Waals surface area contributed by atoms with Crippen LogP contribution in [0.25, 0.3) is 0 Å². The van der Waals surface area contributed by atoms with Crippen LogP contribution in [-0.4, -0.2) is 61.8 Å². The summed E-state index contributed by atoms with van der Waals surface area (Å²) in [6.07, 6.45) is 1.09. The summed E-state index contributed by atoms with van der Waals surface area (Å²) in [6.45, 7) is 5.76. The van der Waals surface area contributed by atoms with E-state index in [4.69, 9.17) is 5.73 Å². The van der Waals surface area contributed by atoms with Gasteiger partial charge in [-0.05, 0) is 32.6 Å². The maximum Gasteiger partial charge on any atom is 0.0772 e. The highest BCUT2D eigenvalue weighted by Gasteiger charge is 2.28. The van der Waals surface area contributed by atoms with Gasteiger partial charge in [0.05, 0.1) is 12.1 Å². The number of hydrogen-bond acceptors (Lipinski definition) is 4. The Kier molecular flexibility index (Phi) is 7.16. The molecule has 0 aliphatic rings. The average Bonchev–Trinajstić information content (AvgIpc) is 2.45. The van der Waals surface area contributed by atoms with E-state index in [0.717, 1.165) is 31.6 Å². The van der Waals surface area contributed by atoms with Crippen LogP contribution in [0.3, 0.4) is 0 Å². The number of hydrogen-bond donors (Lipinski definition) is 2. The minimum atomic E-state index is -0.692. The largest absolute Gasteiger partial charge is 0.394 e. The number of nitrogens with zero attached hydrogens (tertiary/aromatic N) is 2. The molecule has 0 heterocycles. The minimum absolute atomic E-state index is 0.0425. The first-order valence-electron chi connectivity index (χ1n) is 7.34. The van der Waals surface area contributed by atoms with Crippen LogP contribution >= 0.6 is 0 Å². The molecule has 0 saturated heterocycles. The quantitative estimate of drug-likeness (QED) is 0.711. The smallest absolute Gasteiger partial charge is 0.0772 e. The molecule has 0 aliphatic carbocycles. The third kappa shape index (κ3) is 5.21. The number of aliphatic hydroxyl groups is 1. The molecular weight excluding hydrogens is 250 g/mol. The van der Waals surface area contributed by atoms with Gasteiger partial charge in [0, 0.05) is 19.6 Å². The zero-order chi connectivity index (χ0) is 15.0. The van der Waals surface area contributed by atoms with Gasteiger partial charge in [0.25, 0.3) is 0 Å². The van der Waals surface area contributed by atoms with Gasteiger partial charge in [-0.2, -0.15) is 0 Å². The fraction of sp³-hybridized carbons (Fsp3) is 0.625. The molecule has 20 heavy (non-hydrogen) atoms. The number of nitrogens with two attached hydrogens (primary N) is 1. The van der Waals surface area contributed by atoms with E-state index in [-0.39, 0.29) is 6.61 Å². The van der Waals surface area contributed by atoms with Gasteiger partial charge < -0.3 is 15.7 Å². The van der Waals surface area contributed by atoms with Gasteiger partial charge in [-0.3, -0.25) is 4.90 Å². The van der Waals surface area contributed by atoms with Gasteiger partial charge in [-0.25, -0.2) is 0 Å². The molecule has 0 spiro atoms. The molecule has 3 N–H and O–H groups in total. The van der Waals surface area contributed by atoms with Crippen molar-refractivity contribution >= 4 is 0 Å². The molecule has 1 atom stereocenters. The van der Waals surface area contributed by atoms with E-state index in [1.54, 1.807) is 0 Å². The topological polar surface area (TPSA) is 52.7 Å². The number of aliphatic hydroxyl groups excluding tert-OH is 1. The standard InChI is InChI=1S/C16H29N3O/c1-4-10-19(12-11-18(2)3)13-16(17,14-20)15-8-6-5-7-9-15/h5-9,20H,4,10-14,17H2,1-3H3. The molecule has 1 rings (SSSR count). The van der Waals surface area contributed by atoms with Crippen molar-refractivity contribution in [3.05, 3.63) is 35.9 Å². The van der Waals surface area contributed by atoms with Gasteiger partial charge in [0.2, 0.25) is 0 Å². The van der Waals surface area contributed by atoms with Crippen molar-refractivity contribution in [3.63, 3.8) is 0 Å². The molecule has 0 bridgehead atoms. The van der Waals surface area contributed by atoms with Crippen LogP contribution in [0.2, 0.25) is 0 Å². The zero-order valence-corrected chi connectivity index (χ0v) is 13.0. The summed E-state index contributed by atoms with van der Waals surface area (Å²) in [7, 11) is 4.14. The average molecular weight is 279 g/mol. The summed E-state index contributed by atoms with van der Waals surface area (Å²) in [4.78, 5) is 4.51. The van der Waals surface area contributed by atoms with Crippen LogP contribution in [0.1, 0.15) is 18.9 Å². The Morgan fingerprint density at radius 2 is 1.75 bits per heavy atom. The Bertz CT molecular complexity index is 369. The van der Waals surface area contributed by atoms with Crippen molar-refractivity contribution in [2.45, 2.75) is 18.9 Å². The molecule has 0 radical (unpaired) electrons. The lowest BCUT2D eigenvalue weighted by atomic mass is 9.91. The monoisotopic (exact) mass is 279 g/mol. The Morgan fingerprint density at radius 1 is 1.10 bits per heavy atom. The Morgan fingerprint density at radius 3 is 2.25 bits per heavy atom. The summed E-state index contributed by atoms with van der Waals surface area (Å²) in [5, 5.41) is 9.77. The number of likely N-dealkylation sites (N-methyl/N-ethyl adjacent to an activating group) is 1. The molecule has 114 valence electrons. The second-order valence-electron chi connectivity index (χ2n) is 5.76. The van der Waals surface area contributed by atoms with Gasteiger partial charge >= 0.3 is 0 Å². The number of benzene rings is 1. The van der Waals surface area contributed by atoms with Crippen LogP contribution in [0, 0.1) is 0 Å². The normalized spacial score (nSPS) is 14.8. The van der Waals surface area contributed by atoms with Crippen LogP contribution in [0.4, 0.5) is 0 Å². The van der Waals surface area contributed by atoms with Gasteiger partial charge in [-0.1, -0.05) is 37.3 Å². The molecule has 4 nitrogen and oxygen atoms in total. The van der Waals surface area contributed by atoms with Crippen molar-refractivity contribution in [1.82, 2.24) is 9.80 Å². The van der Waals surface area contributed by atoms with Crippen molar-refractivity contribution < 1.29 is 5.11 Å². The highest BCUT2D eigenvalue weighted by atomic mass is 16.3. The fourth-order valence-corrected chi connectivity index (χ4v) is 2.33. The van der Waals surface area contributed by atoms with Gasteiger partial charge in [0.15, 0.2) is 0 Å². The summed E-state index contributed by atoms with van der Waals surface area (Å²) in [6, 6.07) is 9.89. The van der Waals surface area contributed by atoms with Crippen LogP contribution in [-0.2, 0) is 5.54 Å². The van der Waals surface area contributed by atoms with E-state index in [2.05, 4.69) is 30.8 Å². The molecule has 4 heteroatoms. The summed E-state index contributed by atoms with van der Waals surface area (Å²) in [5.74, 6) is 0. The first kappa shape index (κ1) is 17.1. The lowest BCUT2D eigenvalue weighted by Gasteiger charge is -2.35. The SMILES string of the molecule is CCCN(CCN(C)C)CC(N)(CO)c1ccccc1. The molecule has 0 saturated carbocycles. The maximum absolute atomic E-state index is 9.77. The van der Waals surface area contributed by atoms with E-state index in [9.17, 15) is 5.11 Å². The lowest BCUT2D eigenvalue weighted by Crippen LogP contribution is -2.51. The van der Waals surface area contributed by atoms with Gasteiger partial charge in [0.1, 0.15) is 0 Å². The third-order valence-electron chi connectivity index (χ3n) is 3.54. The molecule has 1 aromatic carbocycles. The summed E-state index contributed by atoms with van der Waals surface area (Å²) in [5.41, 5.74) is 6.75. The first-order chi connectivity index (χ1) is 9.51. The molecular formula is C16H29N3O. The van der Waals surface area contributed by atoms with E-state index in [1.165, 1.54) is 0 Å². The lowest BCUT2D eigenvalue weighted by molar-refractivity contribution is 0.130. The molecule has 0 amide bonds. The van der Waals surface area contributed by atoms with E-state index < -0.39 is 5.54 Å². The highest BCUT2D eigenvalue weighted by Crippen LogP contribution is 2.19. The van der Waals surface area contributed by atoms with Crippen molar-refractivity contribution in [3.8, 4) is 0 Å². The van der Waals surface area contributed by atoms with E-state index in [1.807, 2.05) is 30.3 Å². The highest BCUT2D eigenvalue weighted by molar-refractivity contribution is 5.24. The zero-order valence-electron chi connectivity index (χ0n) is 13.0. The van der Waals surface area contributed by atoms with Gasteiger partial charge in [-0.15, -0.1) is 0 Å². The van der Waals surface area contributed by atoms with Crippen molar-refractivity contribution in [1.29, 1.82) is 0 Å². The predicted molar refractivity (Wildman–Crippen MR) is 84.7 cm³/mol. The Hall–Kier alpha value is -0.940. The molecule has 1 unspecified atom stereocenters. The molecule has 0 fully saturated rings. The van der Waals surface area contributed by atoms with Crippen molar-refractivity contribution in [2.75, 3.05) is 46.9 Å². The van der Waals surface area contributed by atoms with E-state index >= 15 is 0 Å². The predicted octanol–water partition coefficient (Wildman–Crippen LogP) is 1.11. The minimum Gasteiger partial charge on any atom is -0.394 e. The summed E-state index contributed by atoms with van der Waals surface area (Å²) < 4.78 is 0.